The molecule has 2 aromatic carbocycles. The van der Waals surface area contributed by atoms with Crippen LogP contribution in [-0.2, 0) is 13.0 Å². The Morgan fingerprint density at radius 2 is 1.80 bits per heavy atom. The van der Waals surface area contributed by atoms with Crippen LogP contribution < -0.4 is 15.4 Å². The molecule has 1 aromatic heterocycles. The number of aryl methyl sites for hydroxylation is 2. The summed E-state index contributed by atoms with van der Waals surface area (Å²) in [5, 5.41) is 6.63. The number of nitrogens with one attached hydrogen (secondary N) is 2. The zero-order chi connectivity index (χ0) is 20.6. The summed E-state index contributed by atoms with van der Waals surface area (Å²) in [6.07, 6.45) is 2.45. The van der Waals surface area contributed by atoms with Gasteiger partial charge in [-0.1, -0.05) is 29.8 Å². The molecule has 3 aromatic rings. The van der Waals surface area contributed by atoms with Crippen LogP contribution in [0.15, 0.2) is 58.1 Å². The molecule has 0 spiro atoms. The minimum Gasteiger partial charge on any atom is -0.496 e. The summed E-state index contributed by atoms with van der Waals surface area (Å²) in [5.41, 5.74) is 5.36. The molecule has 0 aliphatic rings. The van der Waals surface area contributed by atoms with Gasteiger partial charge in [-0.05, 0) is 37.6 Å². The van der Waals surface area contributed by atoms with Gasteiger partial charge >= 0.3 is 0 Å². The zero-order valence-electron chi connectivity index (χ0n) is 17.9. The molecule has 2 N–H and O–H groups in total. The standard InChI is InChI=1S/C23H28N4O2.HI/c1-16-5-8-18(9-6-16)22-27-20(15-29-22)11-12-25-23(24-3)26-14-19-10-7-17(2)13-21(19)28-4;/h5-10,13,15H,11-12,14H2,1-4H3,(H2,24,25,26);1H. The second kappa shape index (κ2) is 11.6. The molecule has 1 heterocycles. The molecule has 7 heteroatoms. The molecule has 6 nitrogen and oxygen atoms in total. The molecule has 0 saturated carbocycles. The van der Waals surface area contributed by atoms with Crippen molar-refractivity contribution in [1.29, 1.82) is 0 Å². The number of oxazole rings is 1. The van der Waals surface area contributed by atoms with Crippen molar-refractivity contribution < 1.29 is 9.15 Å². The summed E-state index contributed by atoms with van der Waals surface area (Å²) in [6.45, 7) is 5.44. The first kappa shape index (κ1) is 23.7. The van der Waals surface area contributed by atoms with Gasteiger partial charge in [0.05, 0.1) is 12.8 Å². The fraction of sp³-hybridized carbons (Fsp3) is 0.304. The van der Waals surface area contributed by atoms with E-state index in [4.69, 9.17) is 9.15 Å². The molecule has 0 aliphatic carbocycles. The zero-order valence-corrected chi connectivity index (χ0v) is 20.2. The topological polar surface area (TPSA) is 71.7 Å². The lowest BCUT2D eigenvalue weighted by molar-refractivity contribution is 0.408. The molecule has 0 unspecified atom stereocenters. The van der Waals surface area contributed by atoms with Crippen molar-refractivity contribution in [2.45, 2.75) is 26.8 Å². The van der Waals surface area contributed by atoms with Crippen molar-refractivity contribution >= 4 is 29.9 Å². The van der Waals surface area contributed by atoms with Crippen LogP contribution in [0.4, 0.5) is 0 Å². The third kappa shape index (κ3) is 6.48. The average Bonchev–Trinajstić information content (AvgIpc) is 3.20. The van der Waals surface area contributed by atoms with E-state index in [2.05, 4.69) is 51.8 Å². The maximum absolute atomic E-state index is 5.62. The quantitative estimate of drug-likeness (QED) is 0.273. The van der Waals surface area contributed by atoms with Gasteiger partial charge in [0, 0.05) is 37.7 Å². The van der Waals surface area contributed by atoms with Crippen LogP contribution in [0.25, 0.3) is 11.5 Å². The fourth-order valence-electron chi connectivity index (χ4n) is 2.96. The first-order valence-corrected chi connectivity index (χ1v) is 9.68. The van der Waals surface area contributed by atoms with Crippen LogP contribution in [0, 0.1) is 13.8 Å². The van der Waals surface area contributed by atoms with Crippen LogP contribution >= 0.6 is 24.0 Å². The van der Waals surface area contributed by atoms with Crippen molar-refractivity contribution in [3.63, 3.8) is 0 Å². The summed E-state index contributed by atoms with van der Waals surface area (Å²) in [4.78, 5) is 8.85. The summed E-state index contributed by atoms with van der Waals surface area (Å²) in [5.74, 6) is 2.25. The van der Waals surface area contributed by atoms with E-state index in [1.54, 1.807) is 20.4 Å². The highest BCUT2D eigenvalue weighted by Crippen LogP contribution is 2.20. The van der Waals surface area contributed by atoms with Gasteiger partial charge in [0.25, 0.3) is 0 Å². The van der Waals surface area contributed by atoms with E-state index in [1.807, 2.05) is 25.1 Å². The van der Waals surface area contributed by atoms with E-state index in [0.717, 1.165) is 35.0 Å². The Labute approximate surface area is 195 Å². The summed E-state index contributed by atoms with van der Waals surface area (Å²) in [7, 11) is 3.45. The van der Waals surface area contributed by atoms with Gasteiger partial charge in [-0.25, -0.2) is 4.98 Å². The van der Waals surface area contributed by atoms with Gasteiger partial charge in [0.1, 0.15) is 12.0 Å². The lowest BCUT2D eigenvalue weighted by atomic mass is 10.1. The lowest BCUT2D eigenvalue weighted by Crippen LogP contribution is -2.37. The first-order chi connectivity index (χ1) is 14.1. The molecule has 160 valence electrons. The molecule has 0 saturated heterocycles. The van der Waals surface area contributed by atoms with Gasteiger partial charge in [0.15, 0.2) is 5.96 Å². The molecule has 0 amide bonds. The normalized spacial score (nSPS) is 11.0. The molecule has 0 fully saturated rings. The Bertz CT molecular complexity index is 968. The monoisotopic (exact) mass is 520 g/mol. The molecule has 30 heavy (non-hydrogen) atoms. The molecule has 0 atom stereocenters. The van der Waals surface area contributed by atoms with E-state index in [0.29, 0.717) is 19.0 Å². The number of hydrogen-bond acceptors (Lipinski definition) is 4. The summed E-state index contributed by atoms with van der Waals surface area (Å²) >= 11 is 0. The molecular weight excluding hydrogens is 491 g/mol. The van der Waals surface area contributed by atoms with E-state index in [9.17, 15) is 0 Å². The van der Waals surface area contributed by atoms with E-state index >= 15 is 0 Å². The number of hydrogen-bond donors (Lipinski definition) is 2. The number of halogens is 1. The highest BCUT2D eigenvalue weighted by atomic mass is 127. The average molecular weight is 520 g/mol. The number of benzene rings is 2. The predicted octanol–water partition coefficient (Wildman–Crippen LogP) is 4.49. The lowest BCUT2D eigenvalue weighted by Gasteiger charge is -2.14. The van der Waals surface area contributed by atoms with Crippen LogP contribution in [0.5, 0.6) is 5.75 Å². The van der Waals surface area contributed by atoms with Crippen LogP contribution in [0.3, 0.4) is 0 Å². The van der Waals surface area contributed by atoms with Crippen molar-refractivity contribution in [3.8, 4) is 17.2 Å². The second-order valence-corrected chi connectivity index (χ2v) is 6.93. The Morgan fingerprint density at radius 3 is 2.50 bits per heavy atom. The Hall–Kier alpha value is -2.55. The number of aliphatic imine (C=N–C) groups is 1. The largest absolute Gasteiger partial charge is 0.496 e. The second-order valence-electron chi connectivity index (χ2n) is 6.93. The Balaban J connectivity index is 0.00000320. The number of rotatable bonds is 7. The summed E-state index contributed by atoms with van der Waals surface area (Å²) in [6, 6.07) is 14.3. The highest BCUT2D eigenvalue weighted by molar-refractivity contribution is 14.0. The number of ether oxygens (including phenoxy) is 1. The number of nitrogens with zero attached hydrogens (tertiary/aromatic N) is 2. The minimum atomic E-state index is 0. The number of aromatic nitrogens is 1. The van der Waals surface area contributed by atoms with Crippen LogP contribution in [0.1, 0.15) is 22.4 Å². The number of guanidine groups is 1. The molecule has 0 bridgehead atoms. The highest BCUT2D eigenvalue weighted by Gasteiger charge is 2.08. The predicted molar refractivity (Wildman–Crippen MR) is 132 cm³/mol. The maximum Gasteiger partial charge on any atom is 0.226 e. The molecular formula is C23H29IN4O2. The third-order valence-corrected chi connectivity index (χ3v) is 4.64. The Morgan fingerprint density at radius 1 is 1.07 bits per heavy atom. The minimum absolute atomic E-state index is 0. The third-order valence-electron chi connectivity index (χ3n) is 4.64. The Kier molecular flexibility index (Phi) is 9.16. The van der Waals surface area contributed by atoms with E-state index in [1.165, 1.54) is 11.1 Å². The van der Waals surface area contributed by atoms with Crippen LogP contribution in [0.2, 0.25) is 0 Å². The van der Waals surface area contributed by atoms with Crippen molar-refractivity contribution in [3.05, 3.63) is 71.1 Å². The number of methoxy groups -OCH3 is 1. The van der Waals surface area contributed by atoms with E-state index < -0.39 is 0 Å². The van der Waals surface area contributed by atoms with Gasteiger partial charge in [-0.3, -0.25) is 4.99 Å². The van der Waals surface area contributed by atoms with Crippen molar-refractivity contribution in [2.24, 2.45) is 4.99 Å². The van der Waals surface area contributed by atoms with Gasteiger partial charge in [-0.2, -0.15) is 0 Å². The van der Waals surface area contributed by atoms with Crippen molar-refractivity contribution in [1.82, 2.24) is 15.6 Å². The summed E-state index contributed by atoms with van der Waals surface area (Å²) < 4.78 is 11.1. The molecule has 3 rings (SSSR count). The van der Waals surface area contributed by atoms with E-state index in [-0.39, 0.29) is 24.0 Å². The van der Waals surface area contributed by atoms with Crippen molar-refractivity contribution in [2.75, 3.05) is 20.7 Å². The van der Waals surface area contributed by atoms with Crippen LogP contribution in [-0.4, -0.2) is 31.6 Å². The maximum atomic E-state index is 5.62. The SMILES string of the molecule is CN=C(NCCc1coc(-c2ccc(C)cc2)n1)NCc1ccc(C)cc1OC.I. The van der Waals surface area contributed by atoms with Gasteiger partial charge in [-0.15, -0.1) is 24.0 Å². The molecule has 0 radical (unpaired) electrons. The first-order valence-electron chi connectivity index (χ1n) is 9.68. The van der Waals surface area contributed by atoms with Gasteiger partial charge in [0.2, 0.25) is 5.89 Å². The molecule has 0 aliphatic heterocycles. The smallest absolute Gasteiger partial charge is 0.226 e. The fourth-order valence-corrected chi connectivity index (χ4v) is 2.96. The van der Waals surface area contributed by atoms with Gasteiger partial charge < -0.3 is 19.8 Å².